The van der Waals surface area contributed by atoms with E-state index in [1.807, 2.05) is 13.8 Å². The lowest BCUT2D eigenvalue weighted by Gasteiger charge is -2.73. The molecule has 0 aromatic carbocycles. The molecule has 0 radical (unpaired) electrons. The van der Waals surface area contributed by atoms with Crippen molar-refractivity contribution in [2.75, 3.05) is 6.61 Å². The van der Waals surface area contributed by atoms with Gasteiger partial charge in [0.15, 0.2) is 5.78 Å². The van der Waals surface area contributed by atoms with Crippen molar-refractivity contribution < 1.29 is 29.3 Å². The lowest BCUT2D eigenvalue weighted by Crippen LogP contribution is -2.66. The lowest BCUT2D eigenvalue weighted by atomic mass is 9.32. The Morgan fingerprint density at radius 3 is 2.16 bits per heavy atom. The van der Waals surface area contributed by atoms with Gasteiger partial charge in [0, 0.05) is 11.8 Å². The van der Waals surface area contributed by atoms with E-state index in [0.29, 0.717) is 36.0 Å². The average molecular weight is 627 g/mol. The standard InChI is InChI=1S/C39H62O6/c1-24(2)26-12-17-39(20-25(41)23-40)19-18-37(8)27(33(26)39)10-11-29-36(7)15-14-30(35(5,6)28(36)13-16-38(29,37)9)45-32(44)22-34(3,4)21-31(42)43/h26-30,33,40H,1,10-23H2,2-9H3,(H,42,43)/t26-,27+,28-,29+,30-,33+,36-,37+,38+,39+/m0/s1. The highest BCUT2D eigenvalue weighted by molar-refractivity contribution is 5.80. The fourth-order valence-electron chi connectivity index (χ4n) is 13.3. The number of aliphatic hydroxyl groups is 1. The largest absolute Gasteiger partial charge is 0.481 e. The second kappa shape index (κ2) is 11.5. The fraction of sp³-hybridized carbons (Fsp3) is 0.872. The van der Waals surface area contributed by atoms with Gasteiger partial charge in [-0.15, -0.1) is 0 Å². The summed E-state index contributed by atoms with van der Waals surface area (Å²) in [6.07, 6.45) is 11.4. The third-order valence-electron chi connectivity index (χ3n) is 15.4. The Labute approximate surface area is 272 Å². The molecule has 0 saturated heterocycles. The van der Waals surface area contributed by atoms with Gasteiger partial charge in [0.1, 0.15) is 12.7 Å². The first-order valence-corrected chi connectivity index (χ1v) is 18.0. The second-order valence-corrected chi connectivity index (χ2v) is 18.7. The molecule has 2 N–H and O–H groups in total. The van der Waals surface area contributed by atoms with E-state index >= 15 is 0 Å². The molecule has 6 nitrogen and oxygen atoms in total. The van der Waals surface area contributed by atoms with Crippen molar-refractivity contribution in [3.8, 4) is 0 Å². The molecule has 0 heterocycles. The van der Waals surface area contributed by atoms with E-state index in [2.05, 4.69) is 48.1 Å². The third kappa shape index (κ3) is 5.45. The third-order valence-corrected chi connectivity index (χ3v) is 15.4. The van der Waals surface area contributed by atoms with Gasteiger partial charge in [-0.1, -0.05) is 60.6 Å². The summed E-state index contributed by atoms with van der Waals surface area (Å²) in [7, 11) is 0. The summed E-state index contributed by atoms with van der Waals surface area (Å²) in [4.78, 5) is 37.2. The molecule has 10 atom stereocenters. The number of ether oxygens (including phenoxy) is 1. The van der Waals surface area contributed by atoms with Crippen LogP contribution in [-0.4, -0.2) is 40.6 Å². The molecule has 5 fully saturated rings. The number of aliphatic carboxylic acids is 1. The SMILES string of the molecule is C=C(C)[C@@H]1CC[C@]2(CC(=O)CO)CC[C@]3(C)[C@H](CC[C@@H]4[C@@]5(C)CC[C@H](OC(=O)CC(C)(C)CC(=O)O)C(C)(C)[C@@H]5CC[C@]43C)[C@@H]12. The first-order chi connectivity index (χ1) is 20.8. The minimum Gasteiger partial charge on any atom is -0.481 e. The number of carbonyl (C=O) groups excluding carboxylic acids is 2. The summed E-state index contributed by atoms with van der Waals surface area (Å²) in [5.41, 5.74) is 0.996. The van der Waals surface area contributed by atoms with Crippen molar-refractivity contribution in [3.63, 3.8) is 0 Å². The molecule has 5 aliphatic rings. The summed E-state index contributed by atoms with van der Waals surface area (Å²) < 4.78 is 6.23. The van der Waals surface area contributed by atoms with E-state index in [-0.39, 0.29) is 64.4 Å². The van der Waals surface area contributed by atoms with Crippen LogP contribution in [-0.2, 0) is 19.1 Å². The highest BCUT2D eigenvalue weighted by atomic mass is 16.5. The van der Waals surface area contributed by atoms with E-state index in [1.54, 1.807) is 0 Å². The zero-order valence-corrected chi connectivity index (χ0v) is 29.6. The molecule has 5 rings (SSSR count). The molecule has 5 saturated carbocycles. The van der Waals surface area contributed by atoms with Crippen molar-refractivity contribution in [2.45, 2.75) is 145 Å². The van der Waals surface area contributed by atoms with E-state index in [9.17, 15) is 24.6 Å². The van der Waals surface area contributed by atoms with Crippen LogP contribution in [0.5, 0.6) is 0 Å². The van der Waals surface area contributed by atoms with E-state index < -0.39 is 11.4 Å². The Hall–Kier alpha value is -1.69. The first kappa shape index (κ1) is 34.6. The van der Waals surface area contributed by atoms with Crippen LogP contribution >= 0.6 is 0 Å². The van der Waals surface area contributed by atoms with Gasteiger partial charge in [0.25, 0.3) is 0 Å². The van der Waals surface area contributed by atoms with Gasteiger partial charge in [0.05, 0.1) is 12.8 Å². The van der Waals surface area contributed by atoms with Crippen LogP contribution in [0.2, 0.25) is 0 Å². The number of hydrogen-bond acceptors (Lipinski definition) is 5. The Morgan fingerprint density at radius 2 is 1.53 bits per heavy atom. The summed E-state index contributed by atoms with van der Waals surface area (Å²) in [5, 5.41) is 19.0. The van der Waals surface area contributed by atoms with Gasteiger partial charge in [-0.2, -0.15) is 0 Å². The molecule has 0 amide bonds. The molecule has 0 spiro atoms. The van der Waals surface area contributed by atoms with Crippen LogP contribution in [0, 0.1) is 62.1 Å². The molecule has 0 unspecified atom stereocenters. The lowest BCUT2D eigenvalue weighted by molar-refractivity contribution is -0.250. The zero-order valence-electron chi connectivity index (χ0n) is 29.6. The number of esters is 1. The molecule has 0 aliphatic heterocycles. The Morgan fingerprint density at radius 1 is 0.844 bits per heavy atom. The molecular weight excluding hydrogens is 564 g/mol. The number of carboxylic acid groups (broad SMARTS) is 1. The van der Waals surface area contributed by atoms with Crippen LogP contribution in [0.25, 0.3) is 0 Å². The smallest absolute Gasteiger partial charge is 0.306 e. The molecule has 254 valence electrons. The molecule has 45 heavy (non-hydrogen) atoms. The number of carboxylic acids is 1. The number of ketones is 1. The van der Waals surface area contributed by atoms with E-state index in [0.717, 1.165) is 44.9 Å². The number of Topliss-reactive ketones (excluding diaryl/α,β-unsaturated/α-hetero) is 1. The summed E-state index contributed by atoms with van der Waals surface area (Å²) in [6.45, 7) is 22.4. The highest BCUT2D eigenvalue weighted by Crippen LogP contribution is 2.78. The highest BCUT2D eigenvalue weighted by Gasteiger charge is 2.71. The minimum absolute atomic E-state index is 0.000859. The van der Waals surface area contributed by atoms with Gasteiger partial charge in [0.2, 0.25) is 0 Å². The summed E-state index contributed by atoms with van der Waals surface area (Å²) in [6, 6.07) is 0. The summed E-state index contributed by atoms with van der Waals surface area (Å²) in [5.74, 6) is 1.35. The molecule has 0 aromatic heterocycles. The topological polar surface area (TPSA) is 101 Å². The van der Waals surface area contributed by atoms with Crippen molar-refractivity contribution in [1.29, 1.82) is 0 Å². The first-order valence-electron chi connectivity index (χ1n) is 18.0. The average Bonchev–Trinajstić information content (AvgIpc) is 3.29. The predicted octanol–water partition coefficient (Wildman–Crippen LogP) is 8.40. The van der Waals surface area contributed by atoms with Gasteiger partial charge in [-0.05, 0) is 128 Å². The maximum atomic E-state index is 13.1. The quantitative estimate of drug-likeness (QED) is 0.197. The van der Waals surface area contributed by atoms with Crippen LogP contribution in [0.3, 0.4) is 0 Å². The predicted molar refractivity (Wildman–Crippen MR) is 176 cm³/mol. The number of hydrogen-bond donors (Lipinski definition) is 2. The molecule has 0 aromatic rings. The van der Waals surface area contributed by atoms with Crippen molar-refractivity contribution in [1.82, 2.24) is 0 Å². The van der Waals surface area contributed by atoms with Crippen molar-refractivity contribution in [2.24, 2.45) is 62.1 Å². The van der Waals surface area contributed by atoms with Gasteiger partial charge < -0.3 is 14.9 Å². The Bertz CT molecular complexity index is 1220. The number of fused-ring (bicyclic) bond motifs is 7. The molecule has 6 heteroatoms. The molecule has 5 aliphatic carbocycles. The Balaban J connectivity index is 1.40. The van der Waals surface area contributed by atoms with Crippen molar-refractivity contribution >= 4 is 17.7 Å². The fourth-order valence-corrected chi connectivity index (χ4v) is 13.3. The van der Waals surface area contributed by atoms with Crippen LogP contribution in [0.1, 0.15) is 139 Å². The van der Waals surface area contributed by atoms with Crippen molar-refractivity contribution in [3.05, 3.63) is 12.2 Å². The zero-order chi connectivity index (χ0) is 33.4. The number of rotatable bonds is 9. The maximum Gasteiger partial charge on any atom is 0.306 e. The normalized spacial score (nSPS) is 43.7. The summed E-state index contributed by atoms with van der Waals surface area (Å²) >= 11 is 0. The van der Waals surface area contributed by atoms with Gasteiger partial charge in [-0.3, -0.25) is 14.4 Å². The number of aliphatic hydroxyl groups excluding tert-OH is 1. The minimum atomic E-state index is -0.888. The monoisotopic (exact) mass is 626 g/mol. The molecular formula is C39H62O6. The Kier molecular flexibility index (Phi) is 8.84. The van der Waals surface area contributed by atoms with E-state index in [1.165, 1.54) is 24.8 Å². The number of carbonyl (C=O) groups is 3. The van der Waals surface area contributed by atoms with Crippen LogP contribution < -0.4 is 0 Å². The van der Waals surface area contributed by atoms with Crippen LogP contribution in [0.4, 0.5) is 0 Å². The van der Waals surface area contributed by atoms with Crippen LogP contribution in [0.15, 0.2) is 12.2 Å². The van der Waals surface area contributed by atoms with Gasteiger partial charge >= 0.3 is 11.9 Å². The van der Waals surface area contributed by atoms with Gasteiger partial charge in [-0.25, -0.2) is 0 Å². The number of allylic oxidation sites excluding steroid dienone is 1. The second-order valence-electron chi connectivity index (χ2n) is 18.7. The maximum absolute atomic E-state index is 13.1. The molecule has 0 bridgehead atoms. The van der Waals surface area contributed by atoms with E-state index in [4.69, 9.17) is 4.74 Å².